The first-order valence-electron chi connectivity index (χ1n) is 7.74. The molecule has 0 atom stereocenters. The van der Waals surface area contributed by atoms with Crippen LogP contribution in [0.4, 0.5) is 13.2 Å². The third kappa shape index (κ3) is 4.23. The Balaban J connectivity index is 0.00000225. The van der Waals surface area contributed by atoms with Crippen LogP contribution in [0, 0.1) is 12.3 Å². The Morgan fingerprint density at radius 1 is 1.24 bits per heavy atom. The van der Waals surface area contributed by atoms with Crippen LogP contribution < -0.4 is 4.80 Å². The second kappa shape index (κ2) is 7.45. The van der Waals surface area contributed by atoms with Crippen LogP contribution in [-0.2, 0) is 25.6 Å². The Morgan fingerprint density at radius 3 is 2.60 bits per heavy atom. The van der Waals surface area contributed by atoms with Crippen molar-refractivity contribution in [3.63, 3.8) is 0 Å². The third-order valence-electron chi connectivity index (χ3n) is 4.21. The van der Waals surface area contributed by atoms with Crippen molar-refractivity contribution < 1.29 is 18.0 Å². The second-order valence-electron chi connectivity index (χ2n) is 6.08. The van der Waals surface area contributed by atoms with E-state index in [9.17, 15) is 18.0 Å². The third-order valence-corrected chi connectivity index (χ3v) is 5.31. The summed E-state index contributed by atoms with van der Waals surface area (Å²) in [6.07, 6.45) is -0.653. The molecule has 3 nitrogen and oxygen atoms in total. The van der Waals surface area contributed by atoms with Gasteiger partial charge in [0.1, 0.15) is 0 Å². The number of nitrogens with zero attached hydrogens (tertiary/aromatic N) is 1. The minimum absolute atomic E-state index is 0. The van der Waals surface area contributed by atoms with Gasteiger partial charge in [-0.25, -0.2) is 0 Å². The lowest BCUT2D eigenvalue weighted by atomic mass is 10.0. The van der Waals surface area contributed by atoms with E-state index < -0.39 is 17.5 Å². The molecule has 1 aliphatic carbocycles. The van der Waals surface area contributed by atoms with Gasteiger partial charge in [-0.15, -0.1) is 28.3 Å². The molecule has 0 spiro atoms. The number of hydrogen-bond donors (Lipinski definition) is 1. The first kappa shape index (κ1) is 19.9. The molecule has 0 bridgehead atoms. The fourth-order valence-corrected chi connectivity index (χ4v) is 4.16. The van der Waals surface area contributed by atoms with Crippen molar-refractivity contribution >= 4 is 34.1 Å². The number of Topliss-reactive ketones (excluding diaryl/α,β-unsaturated/α-hetero) is 1. The van der Waals surface area contributed by atoms with E-state index in [4.69, 9.17) is 5.41 Å². The predicted octanol–water partition coefficient (Wildman–Crippen LogP) is 4.70. The normalized spacial score (nSPS) is 13.9. The topological polar surface area (TPSA) is 45.9 Å². The zero-order valence-electron chi connectivity index (χ0n) is 13.6. The molecule has 0 amide bonds. The van der Waals surface area contributed by atoms with Crippen molar-refractivity contribution in [2.45, 2.75) is 45.3 Å². The number of carbonyl (C=O) groups is 1. The van der Waals surface area contributed by atoms with Crippen molar-refractivity contribution in [1.29, 1.82) is 5.41 Å². The highest BCUT2D eigenvalue weighted by Crippen LogP contribution is 2.31. The summed E-state index contributed by atoms with van der Waals surface area (Å²) in [5.74, 6) is -0.395. The summed E-state index contributed by atoms with van der Waals surface area (Å²) in [5.41, 5.74) is 0.629. The summed E-state index contributed by atoms with van der Waals surface area (Å²) in [4.78, 5) is 13.9. The van der Waals surface area contributed by atoms with E-state index in [1.165, 1.54) is 17.4 Å². The Kier molecular flexibility index (Phi) is 5.93. The largest absolute Gasteiger partial charge is 0.416 e. The molecule has 1 aromatic carbocycles. The van der Waals surface area contributed by atoms with Crippen LogP contribution in [0.15, 0.2) is 18.2 Å². The summed E-state index contributed by atoms with van der Waals surface area (Å²) < 4.78 is 40.4. The Morgan fingerprint density at radius 2 is 1.92 bits per heavy atom. The molecule has 0 fully saturated rings. The minimum Gasteiger partial charge on any atom is -0.313 e. The molecule has 136 valence electrons. The average molecular weight is 435 g/mol. The maximum atomic E-state index is 12.9. The van der Waals surface area contributed by atoms with Crippen molar-refractivity contribution in [2.75, 3.05) is 0 Å². The van der Waals surface area contributed by atoms with E-state index in [2.05, 4.69) is 0 Å². The number of thiazole rings is 1. The standard InChI is InChI=1S/C17H17F3N2OS.BrH/c1-10-6-11(8-12(7-10)17(18,19)20)14(23)9-22-13-4-2-3-5-15(13)24-16(22)21;/h6-8,21H,2-5,9H2,1H3;1H. The zero-order valence-corrected chi connectivity index (χ0v) is 16.1. The van der Waals surface area contributed by atoms with Crippen molar-refractivity contribution in [2.24, 2.45) is 0 Å². The highest BCUT2D eigenvalue weighted by atomic mass is 79.9. The first-order valence-corrected chi connectivity index (χ1v) is 8.55. The highest BCUT2D eigenvalue weighted by molar-refractivity contribution is 8.93. The number of nitrogens with one attached hydrogen (secondary N) is 1. The summed E-state index contributed by atoms with van der Waals surface area (Å²) in [5, 5.41) is 8.06. The van der Waals surface area contributed by atoms with Crippen LogP contribution in [0.5, 0.6) is 0 Å². The Labute approximate surface area is 157 Å². The van der Waals surface area contributed by atoms with Gasteiger partial charge in [0.2, 0.25) is 0 Å². The van der Waals surface area contributed by atoms with Gasteiger partial charge in [0, 0.05) is 16.1 Å². The van der Waals surface area contributed by atoms with E-state index in [1.54, 1.807) is 11.5 Å². The number of benzene rings is 1. The summed E-state index contributed by atoms with van der Waals surface area (Å²) >= 11 is 1.36. The fourth-order valence-electron chi connectivity index (χ4n) is 3.06. The zero-order chi connectivity index (χ0) is 17.5. The van der Waals surface area contributed by atoms with Crippen molar-refractivity contribution in [3.8, 4) is 0 Å². The second-order valence-corrected chi connectivity index (χ2v) is 7.16. The molecule has 1 N–H and O–H groups in total. The van der Waals surface area contributed by atoms with Gasteiger partial charge in [-0.05, 0) is 56.4 Å². The van der Waals surface area contributed by atoms with Crippen molar-refractivity contribution in [1.82, 2.24) is 4.57 Å². The van der Waals surface area contributed by atoms with Gasteiger partial charge in [0.05, 0.1) is 12.1 Å². The molecule has 0 saturated carbocycles. The number of hydrogen-bond acceptors (Lipinski definition) is 3. The smallest absolute Gasteiger partial charge is 0.313 e. The number of ketones is 1. The van der Waals surface area contributed by atoms with Crippen LogP contribution in [-0.4, -0.2) is 10.4 Å². The van der Waals surface area contributed by atoms with Gasteiger partial charge in [0.15, 0.2) is 10.6 Å². The van der Waals surface area contributed by atoms with Crippen molar-refractivity contribution in [3.05, 3.63) is 50.3 Å². The number of alkyl halides is 3. The molecule has 0 unspecified atom stereocenters. The quantitative estimate of drug-likeness (QED) is 0.699. The minimum atomic E-state index is -4.48. The Bertz CT molecular complexity index is 855. The molecule has 2 aromatic rings. The van der Waals surface area contributed by atoms with Crippen LogP contribution in [0.1, 0.15) is 44.9 Å². The monoisotopic (exact) mass is 434 g/mol. The summed E-state index contributed by atoms with van der Waals surface area (Å²) in [6, 6.07) is 3.41. The van der Waals surface area contributed by atoms with E-state index in [0.717, 1.165) is 48.4 Å². The summed E-state index contributed by atoms with van der Waals surface area (Å²) in [6.45, 7) is 1.47. The van der Waals surface area contributed by atoms with Crippen LogP contribution in [0.3, 0.4) is 0 Å². The molecule has 0 radical (unpaired) electrons. The number of fused-ring (bicyclic) bond motifs is 1. The number of halogens is 4. The van der Waals surface area contributed by atoms with Gasteiger partial charge >= 0.3 is 6.18 Å². The van der Waals surface area contributed by atoms with Gasteiger partial charge in [0.25, 0.3) is 0 Å². The molecule has 0 saturated heterocycles. The number of carbonyl (C=O) groups excluding carboxylic acids is 1. The molecule has 1 heterocycles. The van der Waals surface area contributed by atoms with Gasteiger partial charge in [-0.2, -0.15) is 13.2 Å². The van der Waals surface area contributed by atoms with E-state index in [1.807, 2.05) is 0 Å². The number of aromatic nitrogens is 1. The van der Waals surface area contributed by atoms with Crippen LogP contribution >= 0.6 is 28.3 Å². The van der Waals surface area contributed by atoms with Crippen LogP contribution in [0.2, 0.25) is 0 Å². The average Bonchev–Trinajstić information content (AvgIpc) is 2.82. The summed E-state index contributed by atoms with van der Waals surface area (Å²) in [7, 11) is 0. The van der Waals surface area contributed by atoms with Crippen LogP contribution in [0.25, 0.3) is 0 Å². The van der Waals surface area contributed by atoms with E-state index >= 15 is 0 Å². The maximum absolute atomic E-state index is 12.9. The lowest BCUT2D eigenvalue weighted by Crippen LogP contribution is -2.23. The molecular formula is C17H18BrF3N2OS. The lowest BCUT2D eigenvalue weighted by molar-refractivity contribution is -0.137. The SMILES string of the molecule is Br.Cc1cc(C(=O)Cn2c3c(sc2=N)CCCC3)cc(C(F)(F)F)c1. The molecule has 8 heteroatoms. The molecule has 3 rings (SSSR count). The van der Waals surface area contributed by atoms with Gasteiger partial charge < -0.3 is 4.57 Å². The molecular weight excluding hydrogens is 417 g/mol. The lowest BCUT2D eigenvalue weighted by Gasteiger charge is -2.15. The molecule has 0 aliphatic heterocycles. The number of rotatable bonds is 3. The van der Waals surface area contributed by atoms with Gasteiger partial charge in [-0.3, -0.25) is 10.2 Å². The Hall–Kier alpha value is -1.41. The van der Waals surface area contributed by atoms with Gasteiger partial charge in [-0.1, -0.05) is 0 Å². The van der Waals surface area contributed by atoms with E-state index in [0.29, 0.717) is 10.4 Å². The maximum Gasteiger partial charge on any atom is 0.416 e. The first-order chi connectivity index (χ1) is 11.3. The molecule has 1 aliphatic rings. The molecule has 25 heavy (non-hydrogen) atoms. The molecule has 1 aromatic heterocycles. The predicted molar refractivity (Wildman–Crippen MR) is 95.6 cm³/mol. The fraction of sp³-hybridized carbons (Fsp3) is 0.412. The van der Waals surface area contributed by atoms with E-state index in [-0.39, 0.29) is 29.1 Å². The number of aryl methyl sites for hydroxylation is 2. The highest BCUT2D eigenvalue weighted by Gasteiger charge is 2.31.